The van der Waals surface area contributed by atoms with Crippen LogP contribution in [0, 0.1) is 5.82 Å². The number of benzene rings is 1. The van der Waals surface area contributed by atoms with E-state index in [0.29, 0.717) is 10.9 Å². The number of halogens is 1. The van der Waals surface area contributed by atoms with Crippen LogP contribution in [0.1, 0.15) is 0 Å². The highest BCUT2D eigenvalue weighted by Gasteiger charge is 2.03. The van der Waals surface area contributed by atoms with Crippen molar-refractivity contribution in [2.24, 2.45) is 0 Å². The molecule has 0 amide bonds. The van der Waals surface area contributed by atoms with Crippen molar-refractivity contribution in [1.29, 1.82) is 0 Å². The summed E-state index contributed by atoms with van der Waals surface area (Å²) < 4.78 is 13.0. The molecular formula is C12H13FN2O2. The van der Waals surface area contributed by atoms with Crippen molar-refractivity contribution < 1.29 is 14.6 Å². The van der Waals surface area contributed by atoms with E-state index in [4.69, 9.17) is 5.11 Å². The van der Waals surface area contributed by atoms with E-state index in [1.54, 1.807) is 18.2 Å². The van der Waals surface area contributed by atoms with E-state index in [1.165, 1.54) is 12.3 Å². The summed E-state index contributed by atoms with van der Waals surface area (Å²) in [6.07, 6.45) is 0.363. The lowest BCUT2D eigenvalue weighted by Crippen LogP contribution is -2.22. The molecule has 2 aromatic rings. The van der Waals surface area contributed by atoms with Crippen LogP contribution in [0.25, 0.3) is 10.9 Å². The van der Waals surface area contributed by atoms with E-state index in [2.05, 4.69) is 10.3 Å². The lowest BCUT2D eigenvalue weighted by Gasteiger charge is -2.10. The van der Waals surface area contributed by atoms with Crippen LogP contribution >= 0.6 is 0 Å². The summed E-state index contributed by atoms with van der Waals surface area (Å²) in [5.41, 5.74) is 1.46. The van der Waals surface area contributed by atoms with Gasteiger partial charge in [0.15, 0.2) is 0 Å². The van der Waals surface area contributed by atoms with E-state index in [0.717, 1.165) is 5.69 Å². The third kappa shape index (κ3) is 2.89. The number of anilines is 1. The number of aliphatic hydroxyl groups excluding tert-OH is 2. The summed E-state index contributed by atoms with van der Waals surface area (Å²) in [5, 5.41) is 21.5. The Morgan fingerprint density at radius 1 is 1.35 bits per heavy atom. The van der Waals surface area contributed by atoms with Crippen LogP contribution in [0.15, 0.2) is 30.5 Å². The lowest BCUT2D eigenvalue weighted by molar-refractivity contribution is 0.105. The van der Waals surface area contributed by atoms with Gasteiger partial charge in [0, 0.05) is 17.6 Å². The molecule has 0 aliphatic rings. The average molecular weight is 236 g/mol. The summed E-state index contributed by atoms with van der Waals surface area (Å²) in [6.45, 7) is -0.0541. The molecule has 0 saturated carbocycles. The Bertz CT molecular complexity index is 519. The number of nitrogens with one attached hydrogen (secondary N) is 1. The summed E-state index contributed by atoms with van der Waals surface area (Å²) in [5.74, 6) is -0.384. The zero-order valence-corrected chi connectivity index (χ0v) is 9.10. The average Bonchev–Trinajstić information content (AvgIpc) is 2.35. The zero-order chi connectivity index (χ0) is 12.3. The third-order valence-corrected chi connectivity index (χ3v) is 2.40. The molecule has 1 aromatic carbocycles. The summed E-state index contributed by atoms with van der Waals surface area (Å²) >= 11 is 0. The molecule has 0 bridgehead atoms. The minimum Gasteiger partial charge on any atom is -0.394 e. The van der Waals surface area contributed by atoms with Crippen molar-refractivity contribution in [3.8, 4) is 0 Å². The van der Waals surface area contributed by atoms with Crippen LogP contribution in [0.2, 0.25) is 0 Å². The van der Waals surface area contributed by atoms with Crippen LogP contribution in [-0.2, 0) is 0 Å². The third-order valence-electron chi connectivity index (χ3n) is 2.40. The number of pyridine rings is 1. The van der Waals surface area contributed by atoms with Crippen LogP contribution in [0.4, 0.5) is 10.1 Å². The Morgan fingerprint density at radius 3 is 2.94 bits per heavy atom. The predicted molar refractivity (Wildman–Crippen MR) is 63.3 cm³/mol. The molecule has 1 unspecified atom stereocenters. The maximum atomic E-state index is 13.0. The standard InChI is InChI=1S/C12H13FN2O2/c13-9-3-8-4-10(14-6-11(17)7-16)1-2-12(8)15-5-9/h1-5,11,14,16-17H,6-7H2. The van der Waals surface area contributed by atoms with Gasteiger partial charge in [-0.25, -0.2) is 4.39 Å². The smallest absolute Gasteiger partial charge is 0.142 e. The summed E-state index contributed by atoms with van der Waals surface area (Å²) in [7, 11) is 0. The second-order valence-electron chi connectivity index (χ2n) is 3.78. The summed E-state index contributed by atoms with van der Waals surface area (Å²) in [4.78, 5) is 3.94. The maximum absolute atomic E-state index is 13.0. The maximum Gasteiger partial charge on any atom is 0.142 e. The molecule has 90 valence electrons. The van der Waals surface area contributed by atoms with Crippen LogP contribution in [-0.4, -0.2) is 34.5 Å². The molecule has 1 aromatic heterocycles. The summed E-state index contributed by atoms with van der Waals surface area (Å²) in [6, 6.07) is 6.70. The molecule has 4 nitrogen and oxygen atoms in total. The van der Waals surface area contributed by atoms with Gasteiger partial charge in [0.2, 0.25) is 0 Å². The number of fused-ring (bicyclic) bond motifs is 1. The largest absolute Gasteiger partial charge is 0.394 e. The van der Waals surface area contributed by atoms with E-state index in [-0.39, 0.29) is 19.0 Å². The van der Waals surface area contributed by atoms with Gasteiger partial charge in [0.25, 0.3) is 0 Å². The van der Waals surface area contributed by atoms with Crippen molar-refractivity contribution in [2.45, 2.75) is 6.10 Å². The number of aromatic nitrogens is 1. The second kappa shape index (κ2) is 5.07. The number of hydrogen-bond donors (Lipinski definition) is 3. The van der Waals surface area contributed by atoms with Gasteiger partial charge in [0.05, 0.1) is 24.4 Å². The SMILES string of the molecule is OCC(O)CNc1ccc2ncc(F)cc2c1. The van der Waals surface area contributed by atoms with Crippen molar-refractivity contribution in [3.05, 3.63) is 36.3 Å². The number of hydrogen-bond acceptors (Lipinski definition) is 4. The molecule has 0 saturated heterocycles. The first-order valence-corrected chi connectivity index (χ1v) is 5.27. The fraction of sp³-hybridized carbons (Fsp3) is 0.250. The Morgan fingerprint density at radius 2 is 2.18 bits per heavy atom. The highest BCUT2D eigenvalue weighted by molar-refractivity contribution is 5.82. The first kappa shape index (κ1) is 11.8. The molecule has 2 rings (SSSR count). The molecule has 0 aliphatic heterocycles. The molecule has 0 aliphatic carbocycles. The topological polar surface area (TPSA) is 65.4 Å². The molecular weight excluding hydrogens is 223 g/mol. The molecule has 5 heteroatoms. The monoisotopic (exact) mass is 236 g/mol. The van der Waals surface area contributed by atoms with Crippen molar-refractivity contribution in [2.75, 3.05) is 18.5 Å². The molecule has 17 heavy (non-hydrogen) atoms. The van der Waals surface area contributed by atoms with Gasteiger partial charge in [-0.3, -0.25) is 4.98 Å². The number of rotatable bonds is 4. The van der Waals surface area contributed by atoms with E-state index >= 15 is 0 Å². The molecule has 0 spiro atoms. The highest BCUT2D eigenvalue weighted by atomic mass is 19.1. The lowest BCUT2D eigenvalue weighted by atomic mass is 10.2. The first-order chi connectivity index (χ1) is 8.19. The highest BCUT2D eigenvalue weighted by Crippen LogP contribution is 2.18. The molecule has 0 fully saturated rings. The minimum absolute atomic E-state index is 0.241. The minimum atomic E-state index is -0.809. The van der Waals surface area contributed by atoms with E-state index in [9.17, 15) is 9.50 Å². The second-order valence-corrected chi connectivity index (χ2v) is 3.78. The fourth-order valence-corrected chi connectivity index (χ4v) is 1.51. The van der Waals surface area contributed by atoms with Gasteiger partial charge in [-0.15, -0.1) is 0 Å². The van der Waals surface area contributed by atoms with Crippen molar-refractivity contribution >= 4 is 16.6 Å². The van der Waals surface area contributed by atoms with Gasteiger partial charge >= 0.3 is 0 Å². The number of nitrogens with zero attached hydrogens (tertiary/aromatic N) is 1. The van der Waals surface area contributed by atoms with Gasteiger partial charge in [-0.2, -0.15) is 0 Å². The van der Waals surface area contributed by atoms with Crippen LogP contribution in [0.3, 0.4) is 0 Å². The van der Waals surface area contributed by atoms with Gasteiger partial charge in [-0.05, 0) is 24.3 Å². The Kier molecular flexibility index (Phi) is 3.51. The van der Waals surface area contributed by atoms with E-state index in [1.807, 2.05) is 0 Å². The van der Waals surface area contributed by atoms with Gasteiger partial charge in [-0.1, -0.05) is 0 Å². The van der Waals surface area contributed by atoms with Crippen LogP contribution in [0.5, 0.6) is 0 Å². The van der Waals surface area contributed by atoms with E-state index < -0.39 is 6.10 Å². The van der Waals surface area contributed by atoms with Crippen molar-refractivity contribution in [3.63, 3.8) is 0 Å². The Balaban J connectivity index is 2.19. The quantitative estimate of drug-likeness (QED) is 0.744. The fourth-order valence-electron chi connectivity index (χ4n) is 1.51. The Hall–Kier alpha value is -1.72. The first-order valence-electron chi connectivity index (χ1n) is 5.27. The normalized spacial score (nSPS) is 12.6. The Labute approximate surface area is 97.7 Å². The number of aliphatic hydroxyl groups is 2. The molecule has 3 N–H and O–H groups in total. The van der Waals surface area contributed by atoms with Crippen LogP contribution < -0.4 is 5.32 Å². The molecule has 0 radical (unpaired) electrons. The molecule has 1 heterocycles. The van der Waals surface area contributed by atoms with Gasteiger partial charge in [0.1, 0.15) is 5.82 Å². The molecule has 1 atom stereocenters. The van der Waals surface area contributed by atoms with Crippen molar-refractivity contribution in [1.82, 2.24) is 4.98 Å². The predicted octanol–water partition coefficient (Wildman–Crippen LogP) is 1.14. The van der Waals surface area contributed by atoms with Gasteiger partial charge < -0.3 is 15.5 Å². The zero-order valence-electron chi connectivity index (χ0n) is 9.10.